The van der Waals surface area contributed by atoms with Gasteiger partial charge in [-0.1, -0.05) is 17.2 Å². The summed E-state index contributed by atoms with van der Waals surface area (Å²) in [7, 11) is 3.14. The molecule has 1 N–H and O–H groups in total. The van der Waals surface area contributed by atoms with Crippen LogP contribution < -0.4 is 10.1 Å². The van der Waals surface area contributed by atoms with Gasteiger partial charge in [0.15, 0.2) is 0 Å². The van der Waals surface area contributed by atoms with Gasteiger partial charge >= 0.3 is 5.97 Å². The highest BCUT2D eigenvalue weighted by Gasteiger charge is 2.35. The maximum atomic E-state index is 12.7. The van der Waals surface area contributed by atoms with Crippen molar-refractivity contribution in [2.24, 2.45) is 0 Å². The first kappa shape index (κ1) is 16.9. The summed E-state index contributed by atoms with van der Waals surface area (Å²) < 4.78 is 17.1. The van der Waals surface area contributed by atoms with Gasteiger partial charge in [-0.3, -0.25) is 0 Å². The number of hydrogen-bond acceptors (Lipinski definition) is 8. The highest BCUT2D eigenvalue weighted by molar-refractivity contribution is 5.92. The van der Waals surface area contributed by atoms with E-state index < -0.39 is 12.0 Å². The smallest absolute Gasteiger partial charge is 0.338 e. The lowest BCUT2D eigenvalue weighted by atomic mass is 9.95. The number of carbonyl (C=O) groups excluding carboxylic acids is 1. The van der Waals surface area contributed by atoms with Gasteiger partial charge in [0.2, 0.25) is 5.95 Å². The Morgan fingerprint density at radius 2 is 2.16 bits per heavy atom. The lowest BCUT2D eigenvalue weighted by Gasteiger charge is -2.27. The van der Waals surface area contributed by atoms with Crippen LogP contribution in [0, 0.1) is 0 Å². The number of benzene rings is 1. The highest BCUT2D eigenvalue weighted by atomic mass is 16.6. The number of fused-ring (bicyclic) bond motifs is 1. The highest BCUT2D eigenvalue weighted by Crippen LogP contribution is 2.35. The van der Waals surface area contributed by atoms with Gasteiger partial charge < -0.3 is 19.5 Å². The Kier molecular flexibility index (Phi) is 4.94. The van der Waals surface area contributed by atoms with E-state index in [1.807, 2.05) is 24.3 Å². The van der Waals surface area contributed by atoms with Crippen molar-refractivity contribution in [3.05, 3.63) is 41.1 Å². The van der Waals surface area contributed by atoms with Crippen LogP contribution in [0.3, 0.4) is 0 Å². The van der Waals surface area contributed by atoms with Gasteiger partial charge in [-0.2, -0.15) is 4.68 Å². The largest absolute Gasteiger partial charge is 0.497 e. The quantitative estimate of drug-likeness (QED) is 0.615. The molecule has 0 fully saturated rings. The number of tetrazole rings is 1. The normalized spacial score (nSPS) is 16.2. The summed E-state index contributed by atoms with van der Waals surface area (Å²) in [5.74, 6) is 0.685. The number of allylic oxidation sites excluding steroid dienone is 1. The minimum atomic E-state index is -0.517. The van der Waals surface area contributed by atoms with E-state index >= 15 is 0 Å². The van der Waals surface area contributed by atoms with E-state index in [-0.39, 0.29) is 6.61 Å². The lowest BCUT2D eigenvalue weighted by Crippen LogP contribution is -2.30. The second kappa shape index (κ2) is 7.31. The maximum Gasteiger partial charge on any atom is 0.338 e. The number of aromatic nitrogens is 4. The van der Waals surface area contributed by atoms with Gasteiger partial charge in [-0.25, -0.2) is 4.79 Å². The fourth-order valence-electron chi connectivity index (χ4n) is 2.69. The Hall–Kier alpha value is -2.94. The first-order chi connectivity index (χ1) is 12.2. The van der Waals surface area contributed by atoms with Gasteiger partial charge in [-0.15, -0.1) is 0 Å². The van der Waals surface area contributed by atoms with Crippen LogP contribution >= 0.6 is 0 Å². The molecule has 9 heteroatoms. The zero-order valence-electron chi connectivity index (χ0n) is 14.2. The second-order valence-electron chi connectivity index (χ2n) is 5.42. The average Bonchev–Trinajstić information content (AvgIpc) is 3.08. The van der Waals surface area contributed by atoms with Crippen molar-refractivity contribution < 1.29 is 19.0 Å². The molecule has 1 aromatic heterocycles. The predicted octanol–water partition coefficient (Wildman–Crippen LogP) is 1.16. The van der Waals surface area contributed by atoms with Crippen LogP contribution in [0.1, 0.15) is 18.5 Å². The zero-order chi connectivity index (χ0) is 17.8. The molecule has 0 bridgehead atoms. The van der Waals surface area contributed by atoms with E-state index in [9.17, 15) is 4.79 Å². The van der Waals surface area contributed by atoms with E-state index in [1.165, 1.54) is 0 Å². The first-order valence-corrected chi connectivity index (χ1v) is 7.71. The number of carbonyl (C=O) groups is 1. The fraction of sp³-hybridized carbons (Fsp3) is 0.375. The van der Waals surface area contributed by atoms with Crippen molar-refractivity contribution in [3.8, 4) is 5.75 Å². The van der Waals surface area contributed by atoms with Crippen molar-refractivity contribution in [3.63, 3.8) is 0 Å². The summed E-state index contributed by atoms with van der Waals surface area (Å²) in [6.45, 7) is 2.28. The summed E-state index contributed by atoms with van der Waals surface area (Å²) in [6, 6.07) is 6.90. The van der Waals surface area contributed by atoms with Crippen molar-refractivity contribution in [1.82, 2.24) is 20.2 Å². The van der Waals surface area contributed by atoms with Crippen LogP contribution in [0.25, 0.3) is 0 Å². The number of anilines is 1. The Bertz CT molecular complexity index is 801. The van der Waals surface area contributed by atoms with Gasteiger partial charge in [0.1, 0.15) is 18.4 Å². The molecule has 0 spiro atoms. The molecule has 1 aliphatic heterocycles. The molecule has 9 nitrogen and oxygen atoms in total. The third kappa shape index (κ3) is 3.31. The van der Waals surface area contributed by atoms with E-state index in [0.29, 0.717) is 29.6 Å². The molecular weight excluding hydrogens is 326 g/mol. The number of nitrogens with zero attached hydrogens (tertiary/aromatic N) is 4. The summed E-state index contributed by atoms with van der Waals surface area (Å²) in [5.41, 5.74) is 1.88. The van der Waals surface area contributed by atoms with Gasteiger partial charge in [-0.05, 0) is 35.0 Å². The molecule has 2 heterocycles. The molecular formula is C16H19N5O4. The minimum Gasteiger partial charge on any atom is -0.497 e. The van der Waals surface area contributed by atoms with Crippen molar-refractivity contribution >= 4 is 11.9 Å². The number of methoxy groups -OCH3 is 2. The maximum absolute atomic E-state index is 12.7. The molecule has 0 saturated carbocycles. The van der Waals surface area contributed by atoms with Gasteiger partial charge in [0.05, 0.1) is 19.3 Å². The monoisotopic (exact) mass is 345 g/mol. The number of esters is 1. The third-order valence-electron chi connectivity index (χ3n) is 3.86. The topological polar surface area (TPSA) is 100 Å². The molecule has 0 aliphatic carbocycles. The van der Waals surface area contributed by atoms with Crippen LogP contribution in [-0.4, -0.2) is 53.6 Å². The molecule has 132 valence electrons. The summed E-state index contributed by atoms with van der Waals surface area (Å²) in [6.07, 6.45) is 0. The molecule has 0 radical (unpaired) electrons. The molecule has 3 rings (SSSR count). The molecule has 0 unspecified atom stereocenters. The number of nitrogens with one attached hydrogen (secondary N) is 1. The zero-order valence-corrected chi connectivity index (χ0v) is 14.2. The SMILES string of the molecule is COCCOC(=O)C1=C(C)Nc2nnnn2[C@@H]1c1cccc(OC)c1. The number of ether oxygens (including phenoxy) is 3. The summed E-state index contributed by atoms with van der Waals surface area (Å²) >= 11 is 0. The summed E-state index contributed by atoms with van der Waals surface area (Å²) in [4.78, 5) is 12.7. The van der Waals surface area contributed by atoms with Crippen molar-refractivity contribution in [2.75, 3.05) is 32.8 Å². The Balaban J connectivity index is 2.02. The van der Waals surface area contributed by atoms with E-state index in [4.69, 9.17) is 14.2 Å². The summed E-state index contributed by atoms with van der Waals surface area (Å²) in [5, 5.41) is 14.7. The Labute approximate surface area is 144 Å². The Morgan fingerprint density at radius 1 is 1.32 bits per heavy atom. The lowest BCUT2D eigenvalue weighted by molar-refractivity contribution is -0.140. The molecule has 1 atom stereocenters. The molecule has 25 heavy (non-hydrogen) atoms. The van der Waals surface area contributed by atoms with Crippen molar-refractivity contribution in [1.29, 1.82) is 0 Å². The van der Waals surface area contributed by atoms with Crippen LogP contribution in [0.15, 0.2) is 35.5 Å². The van der Waals surface area contributed by atoms with Crippen LogP contribution in [0.5, 0.6) is 5.75 Å². The van der Waals surface area contributed by atoms with E-state index in [1.54, 1.807) is 25.8 Å². The minimum absolute atomic E-state index is 0.166. The third-order valence-corrected chi connectivity index (χ3v) is 3.86. The molecule has 1 aromatic carbocycles. The standard InChI is InChI=1S/C16H19N5O4/c1-10-13(15(22)25-8-7-23-2)14(21-16(17-10)18-19-20-21)11-5-4-6-12(9-11)24-3/h4-6,9,14H,7-8H2,1-3H3,(H,17,18,20)/t14-/m1/s1. The second-order valence-corrected chi connectivity index (χ2v) is 5.42. The molecule has 1 aliphatic rings. The van der Waals surface area contributed by atoms with Gasteiger partial charge in [0.25, 0.3) is 0 Å². The first-order valence-electron chi connectivity index (χ1n) is 7.71. The van der Waals surface area contributed by atoms with Crippen LogP contribution in [-0.2, 0) is 14.3 Å². The van der Waals surface area contributed by atoms with E-state index in [2.05, 4.69) is 20.8 Å². The van der Waals surface area contributed by atoms with Crippen LogP contribution in [0.2, 0.25) is 0 Å². The van der Waals surface area contributed by atoms with E-state index in [0.717, 1.165) is 5.56 Å². The van der Waals surface area contributed by atoms with Gasteiger partial charge in [0, 0.05) is 12.8 Å². The Morgan fingerprint density at radius 3 is 2.92 bits per heavy atom. The molecule has 2 aromatic rings. The van der Waals surface area contributed by atoms with Crippen molar-refractivity contribution in [2.45, 2.75) is 13.0 Å². The predicted molar refractivity (Wildman–Crippen MR) is 88.1 cm³/mol. The van der Waals surface area contributed by atoms with Crippen LogP contribution in [0.4, 0.5) is 5.95 Å². The number of hydrogen-bond donors (Lipinski definition) is 1. The molecule has 0 saturated heterocycles. The number of rotatable bonds is 6. The fourth-order valence-corrected chi connectivity index (χ4v) is 2.69. The average molecular weight is 345 g/mol. The molecule has 0 amide bonds.